The Labute approximate surface area is 149 Å². The average Bonchev–Trinajstić information content (AvgIpc) is 2.87. The largest absolute Gasteiger partial charge is 0.460 e. The molecule has 0 aromatic heterocycles. The summed E-state index contributed by atoms with van der Waals surface area (Å²) >= 11 is 0. The molecule has 26 heavy (non-hydrogen) atoms. The van der Waals surface area contributed by atoms with Crippen LogP contribution in [-0.2, 0) is 9.53 Å². The average molecular weight is 353 g/mol. The van der Waals surface area contributed by atoms with E-state index in [2.05, 4.69) is 0 Å². The fourth-order valence-electron chi connectivity index (χ4n) is 2.63. The molecular formula is C19H15NO6. The highest BCUT2D eigenvalue weighted by molar-refractivity contribution is 6.21. The van der Waals surface area contributed by atoms with Gasteiger partial charge in [-0.25, -0.2) is 4.79 Å². The molecule has 0 saturated carbocycles. The molecule has 1 aliphatic rings. The van der Waals surface area contributed by atoms with Crippen LogP contribution in [0.2, 0.25) is 0 Å². The molecule has 0 atom stereocenters. The van der Waals surface area contributed by atoms with Crippen LogP contribution in [0.5, 0.6) is 5.75 Å². The third kappa shape index (κ3) is 3.32. The van der Waals surface area contributed by atoms with Crippen molar-refractivity contribution < 1.29 is 28.7 Å². The fourth-order valence-corrected chi connectivity index (χ4v) is 2.63. The van der Waals surface area contributed by atoms with Crippen LogP contribution in [0.3, 0.4) is 0 Å². The van der Waals surface area contributed by atoms with Gasteiger partial charge in [0, 0.05) is 6.92 Å². The molecule has 1 aliphatic heterocycles. The minimum absolute atomic E-state index is 0.0617. The molecule has 7 heteroatoms. The number of fused-ring (bicyclic) bond motifs is 1. The molecule has 1 heterocycles. The van der Waals surface area contributed by atoms with Gasteiger partial charge in [-0.15, -0.1) is 0 Å². The molecule has 2 aromatic rings. The van der Waals surface area contributed by atoms with Crippen molar-refractivity contribution in [2.45, 2.75) is 6.92 Å². The van der Waals surface area contributed by atoms with Gasteiger partial charge in [0.2, 0.25) is 0 Å². The predicted molar refractivity (Wildman–Crippen MR) is 89.8 cm³/mol. The zero-order chi connectivity index (χ0) is 18.7. The van der Waals surface area contributed by atoms with E-state index in [9.17, 15) is 19.2 Å². The first kappa shape index (κ1) is 17.3. The Balaban J connectivity index is 1.63. The van der Waals surface area contributed by atoms with Gasteiger partial charge >= 0.3 is 11.9 Å². The van der Waals surface area contributed by atoms with Gasteiger partial charge in [0.25, 0.3) is 11.8 Å². The number of hydrogen-bond donors (Lipinski definition) is 0. The molecule has 3 rings (SSSR count). The van der Waals surface area contributed by atoms with E-state index in [-0.39, 0.29) is 24.5 Å². The molecule has 0 radical (unpaired) electrons. The van der Waals surface area contributed by atoms with E-state index in [1.165, 1.54) is 19.1 Å². The third-order valence-corrected chi connectivity index (χ3v) is 3.79. The summed E-state index contributed by atoms with van der Waals surface area (Å²) in [4.78, 5) is 48.8. The van der Waals surface area contributed by atoms with Crippen LogP contribution in [0.4, 0.5) is 0 Å². The Kier molecular flexibility index (Phi) is 4.79. The van der Waals surface area contributed by atoms with Crippen molar-refractivity contribution in [2.75, 3.05) is 13.2 Å². The summed E-state index contributed by atoms with van der Waals surface area (Å²) in [5.74, 6) is -2.01. The van der Waals surface area contributed by atoms with Crippen LogP contribution in [0.1, 0.15) is 38.0 Å². The van der Waals surface area contributed by atoms with Crippen LogP contribution in [-0.4, -0.2) is 41.8 Å². The number of esters is 2. The number of para-hydroxylation sites is 1. The molecule has 2 aromatic carbocycles. The van der Waals surface area contributed by atoms with Crippen molar-refractivity contribution in [2.24, 2.45) is 0 Å². The minimum Gasteiger partial charge on any atom is -0.460 e. The van der Waals surface area contributed by atoms with Crippen molar-refractivity contribution >= 4 is 23.8 Å². The molecule has 0 aliphatic carbocycles. The Bertz CT molecular complexity index is 869. The normalized spacial score (nSPS) is 12.7. The number of amides is 2. The summed E-state index contributed by atoms with van der Waals surface area (Å²) in [6.07, 6.45) is 0. The Hall–Kier alpha value is -3.48. The maximum atomic E-state index is 12.2. The number of hydrogen-bond acceptors (Lipinski definition) is 6. The highest BCUT2D eigenvalue weighted by Crippen LogP contribution is 2.22. The Morgan fingerprint density at radius 2 is 1.50 bits per heavy atom. The fraction of sp³-hybridized carbons (Fsp3) is 0.158. The van der Waals surface area contributed by atoms with E-state index in [0.29, 0.717) is 11.1 Å². The van der Waals surface area contributed by atoms with E-state index >= 15 is 0 Å². The van der Waals surface area contributed by atoms with Crippen LogP contribution in [0, 0.1) is 0 Å². The van der Waals surface area contributed by atoms with Gasteiger partial charge in [0.1, 0.15) is 17.9 Å². The monoisotopic (exact) mass is 353 g/mol. The lowest BCUT2D eigenvalue weighted by molar-refractivity contribution is -0.131. The van der Waals surface area contributed by atoms with Crippen molar-refractivity contribution in [3.8, 4) is 5.75 Å². The maximum absolute atomic E-state index is 12.2. The van der Waals surface area contributed by atoms with E-state index in [1.807, 2.05) is 0 Å². The number of carbonyl (C=O) groups excluding carboxylic acids is 4. The van der Waals surface area contributed by atoms with E-state index in [0.717, 1.165) is 4.90 Å². The van der Waals surface area contributed by atoms with Crippen molar-refractivity contribution in [1.82, 2.24) is 4.90 Å². The summed E-state index contributed by atoms with van der Waals surface area (Å²) in [6.45, 7) is 0.997. The first-order valence-electron chi connectivity index (χ1n) is 7.89. The lowest BCUT2D eigenvalue weighted by atomic mass is 10.1. The van der Waals surface area contributed by atoms with Gasteiger partial charge < -0.3 is 9.47 Å². The Morgan fingerprint density at radius 3 is 2.12 bits per heavy atom. The smallest absolute Gasteiger partial charge is 0.342 e. The Morgan fingerprint density at radius 1 is 0.923 bits per heavy atom. The number of imide groups is 1. The van der Waals surface area contributed by atoms with Crippen molar-refractivity contribution in [3.05, 3.63) is 65.2 Å². The van der Waals surface area contributed by atoms with Crippen LogP contribution in [0.15, 0.2) is 48.5 Å². The maximum Gasteiger partial charge on any atom is 0.342 e. The first-order chi connectivity index (χ1) is 12.5. The van der Waals surface area contributed by atoms with Gasteiger partial charge in [0.15, 0.2) is 0 Å². The van der Waals surface area contributed by atoms with Gasteiger partial charge in [-0.2, -0.15) is 0 Å². The van der Waals surface area contributed by atoms with Crippen molar-refractivity contribution in [3.63, 3.8) is 0 Å². The molecule has 0 spiro atoms. The summed E-state index contributed by atoms with van der Waals surface area (Å²) < 4.78 is 10.1. The summed E-state index contributed by atoms with van der Waals surface area (Å²) in [5.41, 5.74) is 0.762. The van der Waals surface area contributed by atoms with Gasteiger partial charge in [-0.05, 0) is 24.3 Å². The SMILES string of the molecule is CC(=O)Oc1ccccc1C(=O)OCCN1C(=O)c2ccccc2C1=O. The number of benzene rings is 2. The van der Waals surface area contributed by atoms with E-state index in [1.54, 1.807) is 36.4 Å². The van der Waals surface area contributed by atoms with Gasteiger partial charge in [0.05, 0.1) is 17.7 Å². The molecule has 7 nitrogen and oxygen atoms in total. The first-order valence-corrected chi connectivity index (χ1v) is 7.89. The molecular weight excluding hydrogens is 338 g/mol. The second-order valence-electron chi connectivity index (χ2n) is 5.53. The molecule has 132 valence electrons. The van der Waals surface area contributed by atoms with E-state index in [4.69, 9.17) is 9.47 Å². The number of nitrogens with zero attached hydrogens (tertiary/aromatic N) is 1. The quantitative estimate of drug-likeness (QED) is 0.464. The zero-order valence-corrected chi connectivity index (χ0v) is 13.9. The second kappa shape index (κ2) is 7.18. The van der Waals surface area contributed by atoms with E-state index < -0.39 is 23.8 Å². The number of carbonyl (C=O) groups is 4. The lowest BCUT2D eigenvalue weighted by Gasteiger charge is -2.14. The van der Waals surface area contributed by atoms with Gasteiger partial charge in [-0.3, -0.25) is 19.3 Å². The zero-order valence-electron chi connectivity index (χ0n) is 13.9. The molecule has 0 N–H and O–H groups in total. The topological polar surface area (TPSA) is 90.0 Å². The molecule has 0 unspecified atom stereocenters. The summed E-state index contributed by atoms with van der Waals surface area (Å²) in [7, 11) is 0. The molecule has 2 amide bonds. The highest BCUT2D eigenvalue weighted by Gasteiger charge is 2.34. The highest BCUT2D eigenvalue weighted by atomic mass is 16.5. The predicted octanol–water partition coefficient (Wildman–Crippen LogP) is 2.06. The summed E-state index contributed by atoms with van der Waals surface area (Å²) in [6, 6.07) is 12.7. The molecule has 0 bridgehead atoms. The van der Waals surface area contributed by atoms with Crippen LogP contribution < -0.4 is 4.74 Å². The van der Waals surface area contributed by atoms with Crippen LogP contribution >= 0.6 is 0 Å². The van der Waals surface area contributed by atoms with Gasteiger partial charge in [-0.1, -0.05) is 24.3 Å². The van der Waals surface area contributed by atoms with Crippen LogP contribution in [0.25, 0.3) is 0 Å². The standard InChI is InChI=1S/C19H15NO6/c1-12(21)26-16-9-5-4-8-15(16)19(24)25-11-10-20-17(22)13-6-2-3-7-14(13)18(20)23/h2-9H,10-11H2,1H3. The lowest BCUT2D eigenvalue weighted by Crippen LogP contribution is -2.33. The molecule has 0 fully saturated rings. The number of rotatable bonds is 5. The number of ether oxygens (including phenoxy) is 2. The minimum atomic E-state index is -0.710. The van der Waals surface area contributed by atoms with Crippen molar-refractivity contribution in [1.29, 1.82) is 0 Å². The third-order valence-electron chi connectivity index (χ3n) is 3.79. The molecule has 0 saturated heterocycles. The second-order valence-corrected chi connectivity index (χ2v) is 5.53. The summed E-state index contributed by atoms with van der Waals surface area (Å²) in [5, 5.41) is 0.